The van der Waals surface area contributed by atoms with Crippen LogP contribution in [0.3, 0.4) is 0 Å². The lowest BCUT2D eigenvalue weighted by atomic mass is 10.1. The summed E-state index contributed by atoms with van der Waals surface area (Å²) < 4.78 is 10.6. The summed E-state index contributed by atoms with van der Waals surface area (Å²) in [6.07, 6.45) is 0. The molecule has 2 heteroatoms. The molecule has 0 bridgehead atoms. The molecule has 0 saturated heterocycles. The third-order valence-electron chi connectivity index (χ3n) is 2.58. The highest BCUT2D eigenvalue weighted by Gasteiger charge is 1.98. The van der Waals surface area contributed by atoms with Gasteiger partial charge in [0.15, 0.2) is 0 Å². The smallest absolute Gasteiger partial charge is 0.119 e. The summed E-state index contributed by atoms with van der Waals surface area (Å²) in [5, 5.41) is 2.41. The Balaban J connectivity index is 2.35. The third kappa shape index (κ3) is 2.34. The zero-order chi connectivity index (χ0) is 11.4. The van der Waals surface area contributed by atoms with Crippen LogP contribution in [0.2, 0.25) is 0 Å². The van der Waals surface area contributed by atoms with Gasteiger partial charge in [0.25, 0.3) is 0 Å². The fourth-order valence-electron chi connectivity index (χ4n) is 1.71. The number of fused-ring (bicyclic) bond motifs is 1. The predicted octanol–water partition coefficient (Wildman–Crippen LogP) is 3.38. The lowest BCUT2D eigenvalue weighted by Gasteiger charge is -2.05. The lowest BCUT2D eigenvalue weighted by molar-refractivity contribution is 0.134. The number of ether oxygens (including phenoxy) is 2. The molecule has 0 unspecified atom stereocenters. The van der Waals surface area contributed by atoms with Gasteiger partial charge in [-0.2, -0.15) is 0 Å². The van der Waals surface area contributed by atoms with Crippen LogP contribution in [0.1, 0.15) is 12.5 Å². The molecule has 0 fully saturated rings. The predicted molar refractivity (Wildman–Crippen MR) is 65.8 cm³/mol. The van der Waals surface area contributed by atoms with Crippen molar-refractivity contribution in [2.45, 2.75) is 13.5 Å². The van der Waals surface area contributed by atoms with Crippen molar-refractivity contribution in [2.75, 3.05) is 13.7 Å². The molecule has 0 amide bonds. The molecule has 2 nitrogen and oxygen atoms in total. The van der Waals surface area contributed by atoms with Crippen LogP contribution in [0.25, 0.3) is 10.8 Å². The van der Waals surface area contributed by atoms with Crippen molar-refractivity contribution < 1.29 is 9.47 Å². The van der Waals surface area contributed by atoms with Crippen LogP contribution in [0, 0.1) is 0 Å². The van der Waals surface area contributed by atoms with Crippen molar-refractivity contribution in [1.82, 2.24) is 0 Å². The monoisotopic (exact) mass is 216 g/mol. The summed E-state index contributed by atoms with van der Waals surface area (Å²) >= 11 is 0. The van der Waals surface area contributed by atoms with Gasteiger partial charge in [-0.05, 0) is 41.5 Å². The summed E-state index contributed by atoms with van der Waals surface area (Å²) in [6, 6.07) is 12.5. The van der Waals surface area contributed by atoms with E-state index in [4.69, 9.17) is 9.47 Å². The number of methoxy groups -OCH3 is 1. The van der Waals surface area contributed by atoms with Crippen LogP contribution >= 0.6 is 0 Å². The zero-order valence-electron chi connectivity index (χ0n) is 9.69. The normalized spacial score (nSPS) is 10.6. The molecular weight excluding hydrogens is 200 g/mol. The second kappa shape index (κ2) is 4.99. The van der Waals surface area contributed by atoms with E-state index in [-0.39, 0.29) is 0 Å². The van der Waals surface area contributed by atoms with Crippen molar-refractivity contribution in [2.24, 2.45) is 0 Å². The average Bonchev–Trinajstić information content (AvgIpc) is 2.35. The third-order valence-corrected chi connectivity index (χ3v) is 2.58. The van der Waals surface area contributed by atoms with E-state index < -0.39 is 0 Å². The Morgan fingerprint density at radius 1 is 1.00 bits per heavy atom. The molecule has 16 heavy (non-hydrogen) atoms. The van der Waals surface area contributed by atoms with Crippen LogP contribution in [-0.4, -0.2) is 13.7 Å². The van der Waals surface area contributed by atoms with Crippen molar-refractivity contribution in [3.8, 4) is 5.75 Å². The van der Waals surface area contributed by atoms with E-state index in [1.807, 2.05) is 19.1 Å². The van der Waals surface area contributed by atoms with E-state index in [1.54, 1.807) is 7.11 Å². The highest BCUT2D eigenvalue weighted by atomic mass is 16.5. The first-order valence-corrected chi connectivity index (χ1v) is 5.48. The highest BCUT2D eigenvalue weighted by molar-refractivity contribution is 5.84. The quantitative estimate of drug-likeness (QED) is 0.780. The summed E-state index contributed by atoms with van der Waals surface area (Å²) in [5.41, 5.74) is 1.20. The first-order chi connectivity index (χ1) is 7.83. The molecule has 0 N–H and O–H groups in total. The molecule has 2 rings (SSSR count). The molecule has 0 atom stereocenters. The van der Waals surface area contributed by atoms with Crippen molar-refractivity contribution in [1.29, 1.82) is 0 Å². The Morgan fingerprint density at radius 3 is 2.56 bits per heavy atom. The van der Waals surface area contributed by atoms with Gasteiger partial charge in [-0.25, -0.2) is 0 Å². The van der Waals surface area contributed by atoms with E-state index in [1.165, 1.54) is 16.3 Å². The highest BCUT2D eigenvalue weighted by Crippen LogP contribution is 2.22. The minimum atomic E-state index is 0.670. The fourth-order valence-corrected chi connectivity index (χ4v) is 1.71. The molecule has 0 saturated carbocycles. The maximum Gasteiger partial charge on any atom is 0.119 e. The van der Waals surface area contributed by atoms with Crippen LogP contribution in [-0.2, 0) is 11.3 Å². The van der Waals surface area contributed by atoms with Gasteiger partial charge in [-0.1, -0.05) is 18.2 Å². The molecule has 0 spiro atoms. The van der Waals surface area contributed by atoms with Crippen LogP contribution < -0.4 is 4.74 Å². The van der Waals surface area contributed by atoms with E-state index in [0.29, 0.717) is 6.61 Å². The summed E-state index contributed by atoms with van der Waals surface area (Å²) in [6.45, 7) is 3.42. The van der Waals surface area contributed by atoms with Crippen LogP contribution in [0.4, 0.5) is 0 Å². The van der Waals surface area contributed by atoms with Crippen LogP contribution in [0.5, 0.6) is 5.75 Å². The van der Waals surface area contributed by atoms with Gasteiger partial charge < -0.3 is 9.47 Å². The Morgan fingerprint density at radius 2 is 1.81 bits per heavy atom. The van der Waals surface area contributed by atoms with E-state index in [2.05, 4.69) is 24.3 Å². The van der Waals surface area contributed by atoms with Gasteiger partial charge in [0.1, 0.15) is 5.75 Å². The Labute approximate surface area is 95.8 Å². The number of hydrogen-bond donors (Lipinski definition) is 0. The summed E-state index contributed by atoms with van der Waals surface area (Å²) in [5.74, 6) is 0.890. The first-order valence-electron chi connectivity index (χ1n) is 5.48. The van der Waals surface area contributed by atoms with Crippen LogP contribution in [0.15, 0.2) is 36.4 Å². The van der Waals surface area contributed by atoms with Crippen molar-refractivity contribution in [3.63, 3.8) is 0 Å². The maximum absolute atomic E-state index is 5.39. The maximum atomic E-state index is 5.39. The largest absolute Gasteiger partial charge is 0.497 e. The average molecular weight is 216 g/mol. The van der Waals surface area contributed by atoms with Gasteiger partial charge in [0, 0.05) is 6.61 Å². The second-order valence-electron chi connectivity index (χ2n) is 3.68. The molecule has 2 aromatic carbocycles. The minimum absolute atomic E-state index is 0.670. The van der Waals surface area contributed by atoms with Crippen molar-refractivity contribution >= 4 is 10.8 Å². The van der Waals surface area contributed by atoms with Crippen molar-refractivity contribution in [3.05, 3.63) is 42.0 Å². The lowest BCUT2D eigenvalue weighted by Crippen LogP contribution is -1.91. The molecule has 0 aliphatic rings. The molecule has 0 radical (unpaired) electrons. The van der Waals surface area contributed by atoms with E-state index >= 15 is 0 Å². The molecule has 0 aromatic heterocycles. The number of benzene rings is 2. The van der Waals surface area contributed by atoms with Gasteiger partial charge in [-0.15, -0.1) is 0 Å². The standard InChI is InChI=1S/C14H16O2/c1-3-16-10-11-4-5-12-6-7-14(15-2)9-13(12)8-11/h4-9H,3,10H2,1-2H3. The molecule has 84 valence electrons. The van der Waals surface area contributed by atoms with Gasteiger partial charge in [0.05, 0.1) is 13.7 Å². The Hall–Kier alpha value is -1.54. The Bertz CT molecular complexity index is 477. The van der Waals surface area contributed by atoms with E-state index in [0.717, 1.165) is 12.4 Å². The first kappa shape index (κ1) is 11.0. The zero-order valence-corrected chi connectivity index (χ0v) is 9.69. The number of rotatable bonds is 4. The molecule has 2 aromatic rings. The minimum Gasteiger partial charge on any atom is -0.497 e. The molecule has 0 aliphatic carbocycles. The van der Waals surface area contributed by atoms with Gasteiger partial charge in [-0.3, -0.25) is 0 Å². The molecule has 0 heterocycles. The summed E-state index contributed by atoms with van der Waals surface area (Å²) in [7, 11) is 1.69. The van der Waals surface area contributed by atoms with E-state index in [9.17, 15) is 0 Å². The topological polar surface area (TPSA) is 18.5 Å². The van der Waals surface area contributed by atoms with Gasteiger partial charge >= 0.3 is 0 Å². The number of hydrogen-bond acceptors (Lipinski definition) is 2. The Kier molecular flexibility index (Phi) is 3.42. The second-order valence-corrected chi connectivity index (χ2v) is 3.68. The van der Waals surface area contributed by atoms with Gasteiger partial charge in [0.2, 0.25) is 0 Å². The molecule has 0 aliphatic heterocycles. The molecular formula is C14H16O2. The summed E-state index contributed by atoms with van der Waals surface area (Å²) in [4.78, 5) is 0. The fraction of sp³-hybridized carbons (Fsp3) is 0.286. The SMILES string of the molecule is CCOCc1ccc2ccc(OC)cc2c1.